The van der Waals surface area contributed by atoms with Gasteiger partial charge in [0.2, 0.25) is 0 Å². The largest absolute Gasteiger partial charge is 0.507 e. The molecule has 168 valence electrons. The van der Waals surface area contributed by atoms with Crippen molar-refractivity contribution in [2.75, 3.05) is 0 Å². The number of Topliss-reactive ketones (excluding diaryl/α,β-unsaturated/α-hetero) is 1. The molecule has 1 amide bonds. The Labute approximate surface area is 192 Å². The maximum atomic E-state index is 13.2. The molecule has 4 rings (SSSR count). The number of amides is 1. The molecule has 2 aromatic heterocycles. The first-order valence-corrected chi connectivity index (χ1v) is 10.7. The van der Waals surface area contributed by atoms with Gasteiger partial charge in [-0.25, -0.2) is 0 Å². The summed E-state index contributed by atoms with van der Waals surface area (Å²) < 4.78 is 5.73. The van der Waals surface area contributed by atoms with Crippen LogP contribution in [0.2, 0.25) is 0 Å². The Morgan fingerprint density at radius 1 is 1.09 bits per heavy atom. The SMILES string of the molecule is Cc1cc(OC(C)C)ccc1/C(O)=C1\C(=O)C(=O)N(Cc2cccnc2)[C@H]1c1cccnc1. The normalized spacial score (nSPS) is 17.6. The van der Waals surface area contributed by atoms with E-state index >= 15 is 0 Å². The number of carbonyl (C=O) groups excluding carboxylic acids is 2. The Hall–Kier alpha value is -4.00. The molecule has 0 bridgehead atoms. The number of ketones is 1. The highest BCUT2D eigenvalue weighted by Crippen LogP contribution is 2.40. The van der Waals surface area contributed by atoms with E-state index in [0.29, 0.717) is 16.9 Å². The molecule has 1 saturated heterocycles. The van der Waals surface area contributed by atoms with Crippen LogP contribution in [0.25, 0.3) is 5.76 Å². The third kappa shape index (κ3) is 4.48. The van der Waals surface area contributed by atoms with Crippen LogP contribution < -0.4 is 4.74 Å². The topological polar surface area (TPSA) is 92.6 Å². The summed E-state index contributed by atoms with van der Waals surface area (Å²) in [5, 5.41) is 11.3. The van der Waals surface area contributed by atoms with Crippen molar-refractivity contribution in [3.63, 3.8) is 0 Å². The van der Waals surface area contributed by atoms with E-state index in [1.165, 1.54) is 4.90 Å². The summed E-state index contributed by atoms with van der Waals surface area (Å²) in [6.45, 7) is 5.86. The Bertz CT molecular complexity index is 1210. The highest BCUT2D eigenvalue weighted by molar-refractivity contribution is 6.46. The predicted octanol–water partition coefficient (Wildman–Crippen LogP) is 4.19. The maximum absolute atomic E-state index is 13.2. The summed E-state index contributed by atoms with van der Waals surface area (Å²) >= 11 is 0. The van der Waals surface area contributed by atoms with Crippen LogP contribution in [0.15, 0.2) is 72.8 Å². The number of likely N-dealkylation sites (tertiary alicyclic amines) is 1. The monoisotopic (exact) mass is 443 g/mol. The molecule has 3 aromatic rings. The van der Waals surface area contributed by atoms with E-state index in [1.54, 1.807) is 61.2 Å². The molecular weight excluding hydrogens is 418 g/mol. The molecule has 1 N–H and O–H groups in total. The van der Waals surface area contributed by atoms with Gasteiger partial charge in [-0.1, -0.05) is 12.1 Å². The first kappa shape index (κ1) is 22.2. The molecule has 0 spiro atoms. The lowest BCUT2D eigenvalue weighted by Gasteiger charge is -2.25. The Morgan fingerprint density at radius 3 is 2.42 bits per heavy atom. The van der Waals surface area contributed by atoms with E-state index in [-0.39, 0.29) is 24.0 Å². The first-order valence-electron chi connectivity index (χ1n) is 10.7. The number of aromatic nitrogens is 2. The minimum atomic E-state index is -0.773. The fraction of sp³-hybridized carbons (Fsp3) is 0.231. The molecular formula is C26H25N3O4. The molecule has 33 heavy (non-hydrogen) atoms. The highest BCUT2D eigenvalue weighted by Gasteiger charge is 2.46. The zero-order chi connectivity index (χ0) is 23.5. The zero-order valence-electron chi connectivity index (χ0n) is 18.7. The van der Waals surface area contributed by atoms with Crippen LogP contribution in [0, 0.1) is 6.92 Å². The number of aryl methyl sites for hydroxylation is 1. The van der Waals surface area contributed by atoms with Crippen molar-refractivity contribution >= 4 is 17.4 Å². The molecule has 1 aliphatic heterocycles. The van der Waals surface area contributed by atoms with E-state index in [0.717, 1.165) is 11.1 Å². The molecule has 0 radical (unpaired) electrons. The number of aliphatic hydroxyl groups excluding tert-OH is 1. The number of hydrogen-bond donors (Lipinski definition) is 1. The van der Waals surface area contributed by atoms with Crippen molar-refractivity contribution in [3.8, 4) is 5.75 Å². The molecule has 0 unspecified atom stereocenters. The molecule has 3 heterocycles. The lowest BCUT2D eigenvalue weighted by molar-refractivity contribution is -0.140. The number of pyridine rings is 2. The van der Waals surface area contributed by atoms with Crippen molar-refractivity contribution in [1.29, 1.82) is 0 Å². The highest BCUT2D eigenvalue weighted by atomic mass is 16.5. The fourth-order valence-electron chi connectivity index (χ4n) is 4.01. The molecule has 1 aliphatic rings. The summed E-state index contributed by atoms with van der Waals surface area (Å²) in [4.78, 5) is 35.9. The second kappa shape index (κ2) is 9.24. The average molecular weight is 444 g/mol. The predicted molar refractivity (Wildman–Crippen MR) is 123 cm³/mol. The van der Waals surface area contributed by atoms with Crippen molar-refractivity contribution in [3.05, 3.63) is 95.1 Å². The summed E-state index contributed by atoms with van der Waals surface area (Å²) in [6, 6.07) is 11.6. The third-order valence-corrected chi connectivity index (χ3v) is 5.44. The van der Waals surface area contributed by atoms with Crippen LogP contribution in [-0.4, -0.2) is 37.8 Å². The van der Waals surface area contributed by atoms with Crippen molar-refractivity contribution in [2.45, 2.75) is 39.5 Å². The third-order valence-electron chi connectivity index (χ3n) is 5.44. The minimum Gasteiger partial charge on any atom is -0.507 e. The number of nitrogens with zero attached hydrogens (tertiary/aromatic N) is 3. The quantitative estimate of drug-likeness (QED) is 0.349. The summed E-state index contributed by atoms with van der Waals surface area (Å²) in [6.07, 6.45) is 6.52. The number of aliphatic hydroxyl groups is 1. The number of hydrogen-bond acceptors (Lipinski definition) is 6. The number of ether oxygens (including phenoxy) is 1. The lowest BCUT2D eigenvalue weighted by atomic mass is 9.94. The van der Waals surface area contributed by atoms with Crippen molar-refractivity contribution in [2.24, 2.45) is 0 Å². The molecule has 1 aromatic carbocycles. The van der Waals surface area contributed by atoms with Crippen LogP contribution >= 0.6 is 0 Å². The summed E-state index contributed by atoms with van der Waals surface area (Å²) in [5.41, 5.74) is 2.66. The summed E-state index contributed by atoms with van der Waals surface area (Å²) in [7, 11) is 0. The van der Waals surface area contributed by atoms with Gasteiger partial charge in [0.15, 0.2) is 0 Å². The van der Waals surface area contributed by atoms with Gasteiger partial charge in [0.05, 0.1) is 17.7 Å². The van der Waals surface area contributed by atoms with Crippen LogP contribution in [-0.2, 0) is 16.1 Å². The van der Waals surface area contributed by atoms with E-state index in [9.17, 15) is 14.7 Å². The molecule has 0 saturated carbocycles. The first-order chi connectivity index (χ1) is 15.9. The van der Waals surface area contributed by atoms with E-state index in [1.807, 2.05) is 26.8 Å². The van der Waals surface area contributed by atoms with Crippen LogP contribution in [0.4, 0.5) is 0 Å². The fourth-order valence-corrected chi connectivity index (χ4v) is 4.01. The molecule has 7 heteroatoms. The van der Waals surface area contributed by atoms with Gasteiger partial charge < -0.3 is 14.7 Å². The second-order valence-electron chi connectivity index (χ2n) is 8.22. The van der Waals surface area contributed by atoms with Gasteiger partial charge >= 0.3 is 0 Å². The zero-order valence-corrected chi connectivity index (χ0v) is 18.7. The van der Waals surface area contributed by atoms with Crippen LogP contribution in [0.1, 0.15) is 42.1 Å². The van der Waals surface area contributed by atoms with Gasteiger partial charge in [-0.05, 0) is 67.8 Å². The number of carbonyl (C=O) groups is 2. The lowest BCUT2D eigenvalue weighted by Crippen LogP contribution is -2.29. The molecule has 7 nitrogen and oxygen atoms in total. The maximum Gasteiger partial charge on any atom is 0.295 e. The van der Waals surface area contributed by atoms with E-state index in [4.69, 9.17) is 4.74 Å². The van der Waals surface area contributed by atoms with Gasteiger partial charge in [0.25, 0.3) is 11.7 Å². The molecule has 0 aliphatic carbocycles. The summed E-state index contributed by atoms with van der Waals surface area (Å²) in [5.74, 6) is -0.955. The number of rotatable bonds is 6. The minimum absolute atomic E-state index is 0.00669. The van der Waals surface area contributed by atoms with Gasteiger partial charge in [-0.3, -0.25) is 19.6 Å². The Morgan fingerprint density at radius 2 is 1.82 bits per heavy atom. The van der Waals surface area contributed by atoms with E-state index in [2.05, 4.69) is 9.97 Å². The number of benzene rings is 1. The molecule has 1 fully saturated rings. The van der Waals surface area contributed by atoms with Crippen LogP contribution in [0.3, 0.4) is 0 Å². The second-order valence-corrected chi connectivity index (χ2v) is 8.22. The van der Waals surface area contributed by atoms with Gasteiger partial charge in [0, 0.05) is 36.9 Å². The average Bonchev–Trinajstić information content (AvgIpc) is 3.04. The van der Waals surface area contributed by atoms with Crippen LogP contribution in [0.5, 0.6) is 5.75 Å². The smallest absolute Gasteiger partial charge is 0.295 e. The van der Waals surface area contributed by atoms with Crippen molar-refractivity contribution < 1.29 is 19.4 Å². The Balaban J connectivity index is 1.82. The van der Waals surface area contributed by atoms with Gasteiger partial charge in [0.1, 0.15) is 11.5 Å². The van der Waals surface area contributed by atoms with Gasteiger partial charge in [-0.2, -0.15) is 0 Å². The molecule has 1 atom stereocenters. The van der Waals surface area contributed by atoms with Crippen molar-refractivity contribution in [1.82, 2.24) is 14.9 Å². The van der Waals surface area contributed by atoms with Gasteiger partial charge in [-0.15, -0.1) is 0 Å². The van der Waals surface area contributed by atoms with E-state index < -0.39 is 17.7 Å². The Kier molecular flexibility index (Phi) is 6.22. The standard InChI is InChI=1S/C26H25N3O4/c1-16(2)33-20-8-9-21(17(3)12-20)24(30)22-23(19-7-5-11-28-14-19)29(26(32)25(22)31)15-18-6-4-10-27-13-18/h4-14,16,23,30H,15H2,1-3H3/b24-22+/t23-/m0/s1.